The van der Waals surface area contributed by atoms with Crippen LogP contribution in [0, 0.1) is 5.82 Å². The van der Waals surface area contributed by atoms with Crippen molar-refractivity contribution in [2.45, 2.75) is 0 Å². The molecular weight excluding hydrogens is 359 g/mol. The lowest BCUT2D eigenvalue weighted by Crippen LogP contribution is -2.11. The number of carbonyl (C=O) groups is 2. The molecule has 0 unspecified atom stereocenters. The summed E-state index contributed by atoms with van der Waals surface area (Å²) in [5, 5.41) is 14.0. The number of hydrogen-bond acceptors (Lipinski definition) is 5. The van der Waals surface area contributed by atoms with Crippen LogP contribution in [0.5, 0.6) is 0 Å². The Labute approximate surface area is 150 Å². The second kappa shape index (κ2) is 6.89. The minimum Gasteiger partial charge on any atom is -0.478 e. The zero-order valence-electron chi connectivity index (χ0n) is 13.5. The van der Waals surface area contributed by atoms with E-state index in [2.05, 4.69) is 10.1 Å². The summed E-state index contributed by atoms with van der Waals surface area (Å²) in [7, 11) is 1.69. The summed E-state index contributed by atoms with van der Waals surface area (Å²) in [6, 6.07) is 10.3. The third-order valence-electron chi connectivity index (χ3n) is 3.53. The van der Waals surface area contributed by atoms with Crippen molar-refractivity contribution in [2.24, 2.45) is 17.8 Å². The molecule has 0 spiro atoms. The van der Waals surface area contributed by atoms with Crippen LogP contribution >= 0.6 is 11.3 Å². The molecule has 0 aliphatic heterocycles. The van der Waals surface area contributed by atoms with Crippen molar-refractivity contribution in [2.75, 3.05) is 0 Å². The van der Waals surface area contributed by atoms with E-state index in [0.717, 1.165) is 11.6 Å². The Morgan fingerprint density at radius 2 is 1.92 bits per heavy atom. The quantitative estimate of drug-likeness (QED) is 0.732. The number of amides is 1. The Balaban J connectivity index is 2.00. The summed E-state index contributed by atoms with van der Waals surface area (Å²) in [6.45, 7) is 0. The van der Waals surface area contributed by atoms with Gasteiger partial charge in [0.25, 0.3) is 0 Å². The smallest absolute Gasteiger partial charge is 0.338 e. The molecule has 3 aromatic rings. The van der Waals surface area contributed by atoms with Crippen molar-refractivity contribution in [1.82, 2.24) is 9.78 Å². The van der Waals surface area contributed by atoms with E-state index in [4.69, 9.17) is 10.8 Å². The number of primary amides is 1. The Kier molecular flexibility index (Phi) is 4.63. The number of nitrogens with zero attached hydrogens (tertiary/aromatic N) is 3. The number of rotatable bonds is 4. The van der Waals surface area contributed by atoms with Crippen LogP contribution in [0.2, 0.25) is 0 Å². The molecule has 1 heterocycles. The molecule has 132 valence electrons. The van der Waals surface area contributed by atoms with E-state index in [-0.39, 0.29) is 0 Å². The molecule has 0 aliphatic carbocycles. The third-order valence-corrected chi connectivity index (χ3v) is 4.58. The van der Waals surface area contributed by atoms with Gasteiger partial charge in [-0.3, -0.25) is 4.79 Å². The highest BCUT2D eigenvalue weighted by atomic mass is 32.1. The van der Waals surface area contributed by atoms with Crippen molar-refractivity contribution in [3.8, 4) is 10.6 Å². The molecule has 0 aliphatic rings. The van der Waals surface area contributed by atoms with E-state index in [9.17, 15) is 14.0 Å². The van der Waals surface area contributed by atoms with Gasteiger partial charge in [0.15, 0.2) is 0 Å². The lowest BCUT2D eigenvalue weighted by molar-refractivity contribution is 0.0691. The SMILES string of the molecule is Cn1nc(-c2ccc(C(N)=O)cc2)s/c1=N/c1ccc(F)c(C(=O)O)c1. The maximum Gasteiger partial charge on any atom is 0.338 e. The molecule has 0 bridgehead atoms. The minimum atomic E-state index is -1.36. The number of carboxylic acid groups (broad SMARTS) is 1. The predicted octanol–water partition coefficient (Wildman–Crippen LogP) is 2.32. The number of hydrogen-bond donors (Lipinski definition) is 2. The largest absolute Gasteiger partial charge is 0.478 e. The number of aryl methyl sites for hydroxylation is 1. The fourth-order valence-electron chi connectivity index (χ4n) is 2.20. The molecule has 0 saturated heterocycles. The van der Waals surface area contributed by atoms with E-state index >= 15 is 0 Å². The summed E-state index contributed by atoms with van der Waals surface area (Å²) in [5.74, 6) is -2.69. The van der Waals surface area contributed by atoms with E-state index in [1.165, 1.54) is 28.2 Å². The topological polar surface area (TPSA) is 111 Å². The average molecular weight is 372 g/mol. The normalized spacial score (nSPS) is 11.5. The molecule has 0 atom stereocenters. The first-order valence-corrected chi connectivity index (χ1v) is 8.19. The van der Waals surface area contributed by atoms with Crippen LogP contribution in [-0.4, -0.2) is 26.8 Å². The molecule has 3 N–H and O–H groups in total. The average Bonchev–Trinajstić information content (AvgIpc) is 2.97. The van der Waals surface area contributed by atoms with Gasteiger partial charge >= 0.3 is 5.97 Å². The number of carbonyl (C=O) groups excluding carboxylic acids is 1. The first-order chi connectivity index (χ1) is 12.3. The van der Waals surface area contributed by atoms with Crippen molar-refractivity contribution in [3.63, 3.8) is 0 Å². The number of benzene rings is 2. The summed E-state index contributed by atoms with van der Waals surface area (Å²) >= 11 is 1.27. The van der Waals surface area contributed by atoms with Crippen molar-refractivity contribution in [1.29, 1.82) is 0 Å². The number of aromatic carboxylic acids is 1. The van der Waals surface area contributed by atoms with Crippen LogP contribution in [0.25, 0.3) is 10.6 Å². The fourth-order valence-corrected chi connectivity index (χ4v) is 3.11. The van der Waals surface area contributed by atoms with Crippen LogP contribution in [0.1, 0.15) is 20.7 Å². The highest BCUT2D eigenvalue weighted by Crippen LogP contribution is 2.21. The molecule has 7 nitrogen and oxygen atoms in total. The molecule has 9 heteroatoms. The van der Waals surface area contributed by atoms with Gasteiger partial charge in [-0.05, 0) is 30.3 Å². The highest BCUT2D eigenvalue weighted by Gasteiger charge is 2.11. The van der Waals surface area contributed by atoms with Crippen LogP contribution < -0.4 is 10.5 Å². The van der Waals surface area contributed by atoms with Gasteiger partial charge in [-0.2, -0.15) is 5.10 Å². The van der Waals surface area contributed by atoms with Crippen LogP contribution in [0.15, 0.2) is 47.5 Å². The summed E-state index contributed by atoms with van der Waals surface area (Å²) in [6.07, 6.45) is 0. The predicted molar refractivity (Wildman–Crippen MR) is 93.6 cm³/mol. The van der Waals surface area contributed by atoms with Gasteiger partial charge < -0.3 is 10.8 Å². The van der Waals surface area contributed by atoms with Crippen molar-refractivity contribution in [3.05, 3.63) is 64.2 Å². The number of carboxylic acids is 1. The first-order valence-electron chi connectivity index (χ1n) is 7.37. The van der Waals surface area contributed by atoms with E-state index in [1.54, 1.807) is 31.3 Å². The molecule has 1 amide bonds. The lowest BCUT2D eigenvalue weighted by atomic mass is 10.1. The monoisotopic (exact) mass is 372 g/mol. The zero-order chi connectivity index (χ0) is 18.8. The third kappa shape index (κ3) is 3.52. The molecule has 2 aromatic carbocycles. The number of aromatic nitrogens is 2. The highest BCUT2D eigenvalue weighted by molar-refractivity contribution is 7.12. The molecule has 1 aromatic heterocycles. The Bertz CT molecular complexity index is 1070. The maximum atomic E-state index is 13.5. The molecule has 3 rings (SSSR count). The summed E-state index contributed by atoms with van der Waals surface area (Å²) in [4.78, 5) is 27.0. The molecular formula is C17H13FN4O3S. The van der Waals surface area contributed by atoms with Gasteiger partial charge in [-0.25, -0.2) is 18.9 Å². The summed E-state index contributed by atoms with van der Waals surface area (Å²) < 4.78 is 15.0. The van der Waals surface area contributed by atoms with Gasteiger partial charge in [0.05, 0.1) is 11.3 Å². The zero-order valence-corrected chi connectivity index (χ0v) is 14.3. The van der Waals surface area contributed by atoms with Crippen LogP contribution in [0.4, 0.5) is 10.1 Å². The van der Waals surface area contributed by atoms with Gasteiger partial charge in [-0.15, -0.1) is 0 Å². The number of nitrogens with two attached hydrogens (primary N) is 1. The van der Waals surface area contributed by atoms with Crippen molar-refractivity contribution < 1.29 is 19.1 Å². The molecule has 0 radical (unpaired) electrons. The Hall–Kier alpha value is -3.33. The minimum absolute atomic E-state index is 0.304. The first kappa shape index (κ1) is 17.5. The molecule has 26 heavy (non-hydrogen) atoms. The summed E-state index contributed by atoms with van der Waals surface area (Å²) in [5.41, 5.74) is 6.26. The second-order valence-electron chi connectivity index (χ2n) is 5.34. The van der Waals surface area contributed by atoms with Gasteiger partial charge in [0.2, 0.25) is 10.7 Å². The number of halogens is 1. The Morgan fingerprint density at radius 3 is 2.54 bits per heavy atom. The van der Waals surface area contributed by atoms with Gasteiger partial charge in [-0.1, -0.05) is 23.5 Å². The molecule has 0 fully saturated rings. The standard InChI is InChI=1S/C17H13FN4O3S/c1-22-17(20-11-6-7-13(18)12(8-11)16(24)25)26-15(21-22)10-4-2-9(3-5-10)14(19)23/h2-8H,1H3,(H2,19,23)(H,24,25)/b20-17+. The van der Waals surface area contributed by atoms with E-state index in [0.29, 0.717) is 21.1 Å². The van der Waals surface area contributed by atoms with Crippen molar-refractivity contribution >= 4 is 28.9 Å². The van der Waals surface area contributed by atoms with E-state index < -0.39 is 23.3 Å². The van der Waals surface area contributed by atoms with Gasteiger partial charge in [0, 0.05) is 18.2 Å². The maximum absolute atomic E-state index is 13.5. The Morgan fingerprint density at radius 1 is 1.23 bits per heavy atom. The second-order valence-corrected chi connectivity index (χ2v) is 6.29. The van der Waals surface area contributed by atoms with E-state index in [1.807, 2.05) is 0 Å². The van der Waals surface area contributed by atoms with Crippen LogP contribution in [-0.2, 0) is 7.05 Å². The van der Waals surface area contributed by atoms with Gasteiger partial charge in [0.1, 0.15) is 10.8 Å². The molecule has 0 saturated carbocycles. The lowest BCUT2D eigenvalue weighted by Gasteiger charge is -1.98. The van der Waals surface area contributed by atoms with Crippen LogP contribution in [0.3, 0.4) is 0 Å². The fraction of sp³-hybridized carbons (Fsp3) is 0.0588.